The van der Waals surface area contributed by atoms with E-state index in [9.17, 15) is 33.6 Å². The van der Waals surface area contributed by atoms with Gasteiger partial charge in [-0.25, -0.2) is 4.79 Å². The van der Waals surface area contributed by atoms with E-state index in [2.05, 4.69) is 18.2 Å². The molecule has 5 aliphatic heterocycles. The predicted molar refractivity (Wildman–Crippen MR) is 243 cm³/mol. The Morgan fingerprint density at radius 3 is 2.29 bits per heavy atom. The number of nitrogens with zero attached hydrogens (tertiary/aromatic N) is 4. The van der Waals surface area contributed by atoms with Crippen molar-refractivity contribution >= 4 is 70.2 Å². The van der Waals surface area contributed by atoms with E-state index in [1.54, 1.807) is 40.1 Å². The summed E-state index contributed by atoms with van der Waals surface area (Å²) in [6.07, 6.45) is 5.95. The number of benzene rings is 2. The van der Waals surface area contributed by atoms with E-state index in [1.165, 1.54) is 17.9 Å². The molecule has 3 atom stereocenters. The van der Waals surface area contributed by atoms with Crippen molar-refractivity contribution in [3.8, 4) is 17.2 Å². The number of aryl methyl sites for hydroxylation is 1. The van der Waals surface area contributed by atoms with Crippen LogP contribution in [0.1, 0.15) is 90.6 Å². The van der Waals surface area contributed by atoms with Crippen molar-refractivity contribution in [1.29, 1.82) is 0 Å². The summed E-state index contributed by atoms with van der Waals surface area (Å²) in [6.45, 7) is 12.9. The van der Waals surface area contributed by atoms with Gasteiger partial charge in [-0.15, -0.1) is 5.06 Å². The molecule has 63 heavy (non-hydrogen) atoms. The van der Waals surface area contributed by atoms with E-state index in [1.807, 2.05) is 24.8 Å². The maximum absolute atomic E-state index is 14.9. The maximum atomic E-state index is 14.9. The van der Waals surface area contributed by atoms with Crippen LogP contribution in [-0.2, 0) is 36.8 Å². The number of aliphatic hydroxyl groups is 1. The van der Waals surface area contributed by atoms with Crippen molar-refractivity contribution in [2.45, 2.75) is 88.7 Å². The first-order chi connectivity index (χ1) is 30.1. The number of aliphatic imine (C=N–C) groups is 1. The van der Waals surface area contributed by atoms with Crippen LogP contribution in [0, 0.1) is 0 Å². The van der Waals surface area contributed by atoms with E-state index >= 15 is 0 Å². The molecule has 3 saturated heterocycles. The third kappa shape index (κ3) is 10.9. The number of hydroxylamine groups is 2. The number of aliphatic hydroxyl groups excluding tert-OH is 1. The van der Waals surface area contributed by atoms with Crippen LogP contribution >= 0.6 is 28.7 Å². The van der Waals surface area contributed by atoms with E-state index in [-0.39, 0.29) is 75.3 Å². The lowest BCUT2D eigenvalue weighted by atomic mass is 10.00. The highest BCUT2D eigenvalue weighted by atomic mass is 33.1. The maximum Gasteiger partial charge on any atom is 0.333 e. The molecule has 1 N–H and O–H groups in total. The molecule has 3 fully saturated rings. The van der Waals surface area contributed by atoms with Gasteiger partial charge >= 0.3 is 5.97 Å². The molecule has 0 saturated carbocycles. The molecule has 0 aliphatic carbocycles. The molecule has 1 unspecified atom stereocenters. The summed E-state index contributed by atoms with van der Waals surface area (Å²) in [4.78, 5) is 76.5. The Morgan fingerprint density at radius 1 is 0.889 bits per heavy atom. The van der Waals surface area contributed by atoms with Crippen molar-refractivity contribution in [1.82, 2.24) is 14.9 Å². The first kappa shape index (κ1) is 46.4. The highest BCUT2D eigenvalue weighted by molar-refractivity contribution is 8.77. The second kappa shape index (κ2) is 19.7. The van der Waals surface area contributed by atoms with Crippen LogP contribution in [0.15, 0.2) is 53.6 Å². The van der Waals surface area contributed by atoms with Crippen LogP contribution in [-0.4, -0.2) is 130 Å². The Labute approximate surface area is 375 Å². The van der Waals surface area contributed by atoms with Gasteiger partial charge in [-0.3, -0.25) is 24.2 Å². The third-order valence-electron chi connectivity index (χ3n) is 12.0. The fourth-order valence-corrected chi connectivity index (χ4v) is 14.3. The van der Waals surface area contributed by atoms with Crippen LogP contribution in [0.2, 0.25) is 0 Å². The lowest BCUT2D eigenvalue weighted by molar-refractivity contribution is -0.197. The Balaban J connectivity index is 1.00. The van der Waals surface area contributed by atoms with Crippen LogP contribution in [0.3, 0.4) is 0 Å². The fourth-order valence-electron chi connectivity index (χ4n) is 8.42. The van der Waals surface area contributed by atoms with Gasteiger partial charge in [0.05, 0.1) is 51.4 Å². The quantitative estimate of drug-likeness (QED) is 0.0514. The first-order valence-corrected chi connectivity index (χ1v) is 25.8. The van der Waals surface area contributed by atoms with E-state index in [0.29, 0.717) is 89.0 Å². The number of hydrogen-bond donors (Lipinski definition) is 1. The Bertz CT molecular complexity index is 2270. The average Bonchev–Trinajstić information content (AvgIpc) is 3.88. The Hall–Kier alpha value is -4.57. The molecule has 2 aromatic carbocycles. The van der Waals surface area contributed by atoms with Gasteiger partial charge < -0.3 is 38.5 Å². The van der Waals surface area contributed by atoms with Gasteiger partial charge in [0.25, 0.3) is 23.6 Å². The number of imide groups is 1. The molecular formula is C45H55N4O11PS2. The second-order valence-corrected chi connectivity index (χ2v) is 23.8. The smallest absolute Gasteiger partial charge is 0.333 e. The Kier molecular flexibility index (Phi) is 14.5. The van der Waals surface area contributed by atoms with Crippen molar-refractivity contribution in [3.05, 3.63) is 70.8 Å². The third-order valence-corrected chi connectivity index (χ3v) is 18.7. The zero-order chi connectivity index (χ0) is 45.1. The molecule has 0 aromatic heterocycles. The topological polar surface area (TPSA) is 182 Å². The van der Waals surface area contributed by atoms with Crippen LogP contribution in [0.5, 0.6) is 17.2 Å². The van der Waals surface area contributed by atoms with Gasteiger partial charge in [0.1, 0.15) is 5.75 Å². The standard InChI is InChI=1S/C45H55N4O11PS2/c1-28-18-32-7-6-30-21-39(38(57-5)22-34(30)43(54)47(32)25-28)59-13-15-61(56,16-17-62-63-45(3,4)11-10-42(53)60-49-40(51)8-9-41(49)52)14-12-58-37-23-36-35(20-31(37)27-50)44(55)48-26-29(2)19-33(48)24-46-36/h20-24,32-33,50H,1-2,6-19,25-27H2,3-5H3/t32-,33+,61?/m1/s1. The molecule has 0 spiro atoms. The molecule has 4 amide bonds. The largest absolute Gasteiger partial charge is 0.493 e. The highest BCUT2D eigenvalue weighted by Crippen LogP contribution is 2.49. The van der Waals surface area contributed by atoms with Gasteiger partial charge in [0.15, 0.2) is 11.5 Å². The molecule has 0 radical (unpaired) electrons. The van der Waals surface area contributed by atoms with Crippen LogP contribution in [0.25, 0.3) is 0 Å². The molecule has 2 aromatic rings. The summed E-state index contributed by atoms with van der Waals surface area (Å²) in [7, 11) is 1.61. The molecule has 7 rings (SSSR count). The number of rotatable bonds is 19. The van der Waals surface area contributed by atoms with E-state index in [0.717, 1.165) is 29.6 Å². The van der Waals surface area contributed by atoms with Crippen molar-refractivity contribution in [2.75, 3.05) is 57.7 Å². The number of methoxy groups -OCH3 is 1. The minimum Gasteiger partial charge on any atom is -0.493 e. The number of carbonyl (C=O) groups excluding carboxylic acids is 5. The predicted octanol–water partition coefficient (Wildman–Crippen LogP) is 6.76. The monoisotopic (exact) mass is 922 g/mol. The van der Waals surface area contributed by atoms with Gasteiger partial charge in [-0.2, -0.15) is 0 Å². The molecule has 5 aliphatic rings. The normalized spacial score (nSPS) is 20.5. The minimum absolute atomic E-state index is 0.00623. The SMILES string of the molecule is C=C1C[C@H]2CCc3cc(OCCP(=O)(CCOc4cc5c(cc4CO)C(=O)N4CC(=C)C[C@H]4C=N5)CCSSC(C)(C)CCC(=O)ON4C(=O)CCC4=O)c(OC)cc3C(=O)N2C1. The summed E-state index contributed by atoms with van der Waals surface area (Å²) in [6, 6.07) is 6.81. The highest BCUT2D eigenvalue weighted by Gasteiger charge is 2.37. The Morgan fingerprint density at radius 2 is 1.57 bits per heavy atom. The van der Waals surface area contributed by atoms with Crippen molar-refractivity contribution in [3.63, 3.8) is 0 Å². The molecular weight excluding hydrogens is 868 g/mol. The van der Waals surface area contributed by atoms with E-state index < -0.39 is 29.7 Å². The fraction of sp³-hybridized carbons (Fsp3) is 0.511. The molecule has 0 bridgehead atoms. The number of carbonyl (C=O) groups is 5. The number of ether oxygens (including phenoxy) is 3. The van der Waals surface area contributed by atoms with Gasteiger partial charge in [0, 0.05) is 90.8 Å². The lowest BCUT2D eigenvalue weighted by Gasteiger charge is -2.24. The number of hydrogen-bond acceptors (Lipinski definition) is 14. The van der Waals surface area contributed by atoms with Gasteiger partial charge in [-0.1, -0.05) is 45.9 Å². The zero-order valence-electron chi connectivity index (χ0n) is 36.1. The number of fused-ring (bicyclic) bond motifs is 4. The van der Waals surface area contributed by atoms with E-state index in [4.69, 9.17) is 19.0 Å². The minimum atomic E-state index is -3.00. The average molecular weight is 923 g/mol. The lowest BCUT2D eigenvalue weighted by Crippen LogP contribution is -2.35. The summed E-state index contributed by atoms with van der Waals surface area (Å²) in [5, 5.41) is 10.9. The number of amides is 4. The first-order valence-electron chi connectivity index (χ1n) is 21.2. The molecule has 18 heteroatoms. The van der Waals surface area contributed by atoms with Crippen LogP contribution < -0.4 is 14.2 Å². The van der Waals surface area contributed by atoms with Gasteiger partial charge in [0.2, 0.25) is 0 Å². The van der Waals surface area contributed by atoms with Gasteiger partial charge in [-0.05, 0) is 69.7 Å². The molecule has 15 nitrogen and oxygen atoms in total. The summed E-state index contributed by atoms with van der Waals surface area (Å²) in [5.41, 5.74) is 4.71. The molecule has 5 heterocycles. The second-order valence-electron chi connectivity index (χ2n) is 17.2. The van der Waals surface area contributed by atoms with Crippen molar-refractivity contribution < 1.29 is 52.7 Å². The summed E-state index contributed by atoms with van der Waals surface area (Å²) in [5.74, 6) is -0.175. The summed E-state index contributed by atoms with van der Waals surface area (Å²) < 4.78 is 32.7. The zero-order valence-corrected chi connectivity index (χ0v) is 38.6. The van der Waals surface area contributed by atoms with Crippen LogP contribution in [0.4, 0.5) is 5.69 Å². The van der Waals surface area contributed by atoms with Crippen molar-refractivity contribution in [2.24, 2.45) is 4.99 Å². The summed E-state index contributed by atoms with van der Waals surface area (Å²) >= 11 is 0. The molecule has 338 valence electrons.